The van der Waals surface area contributed by atoms with Gasteiger partial charge >= 0.3 is 0 Å². The minimum absolute atomic E-state index is 0.362. The first-order valence-corrected chi connectivity index (χ1v) is 7.62. The zero-order valence-electron chi connectivity index (χ0n) is 12.9. The lowest BCUT2D eigenvalue weighted by atomic mass is 10.0. The molecule has 3 rings (SSSR count). The first-order chi connectivity index (χ1) is 10.2. The molecule has 1 saturated carbocycles. The zero-order chi connectivity index (χ0) is 14.8. The molecule has 1 heterocycles. The lowest BCUT2D eigenvalue weighted by Crippen LogP contribution is -2.12. The molecule has 0 amide bonds. The second-order valence-corrected chi connectivity index (χ2v) is 6.04. The lowest BCUT2D eigenvalue weighted by Gasteiger charge is -2.19. The average Bonchev–Trinajstić information content (AvgIpc) is 3.23. The summed E-state index contributed by atoms with van der Waals surface area (Å²) in [4.78, 5) is 0. The van der Waals surface area contributed by atoms with Gasteiger partial charge in [-0.25, -0.2) is 0 Å². The molecular formula is C17H23N3O. The highest BCUT2D eigenvalue weighted by Gasteiger charge is 2.32. The van der Waals surface area contributed by atoms with Crippen molar-refractivity contribution in [3.8, 4) is 5.75 Å². The van der Waals surface area contributed by atoms with Crippen LogP contribution >= 0.6 is 0 Å². The van der Waals surface area contributed by atoms with Crippen molar-refractivity contribution in [2.45, 2.75) is 38.8 Å². The highest BCUT2D eigenvalue weighted by atomic mass is 16.5. The summed E-state index contributed by atoms with van der Waals surface area (Å²) in [5, 5.41) is 8.05. The maximum absolute atomic E-state index is 5.24. The second-order valence-electron chi connectivity index (χ2n) is 6.04. The molecule has 0 spiro atoms. The highest BCUT2D eigenvalue weighted by Crippen LogP contribution is 2.43. The molecule has 1 aromatic carbocycles. The molecule has 21 heavy (non-hydrogen) atoms. The maximum Gasteiger partial charge on any atom is 0.118 e. The Morgan fingerprint density at radius 1 is 1.24 bits per heavy atom. The fraction of sp³-hybridized carbons (Fsp3) is 0.471. The van der Waals surface area contributed by atoms with Gasteiger partial charge in [-0.3, -0.25) is 4.68 Å². The zero-order valence-corrected chi connectivity index (χ0v) is 12.9. The second kappa shape index (κ2) is 5.80. The number of anilines is 1. The van der Waals surface area contributed by atoms with Gasteiger partial charge in [-0.15, -0.1) is 0 Å². The monoisotopic (exact) mass is 285 g/mol. The van der Waals surface area contributed by atoms with Gasteiger partial charge in [0.15, 0.2) is 0 Å². The predicted octanol–water partition coefficient (Wildman–Crippen LogP) is 4.04. The quantitative estimate of drug-likeness (QED) is 0.870. The number of benzene rings is 1. The summed E-state index contributed by atoms with van der Waals surface area (Å²) >= 11 is 0. The summed E-state index contributed by atoms with van der Waals surface area (Å²) in [5.74, 6) is 1.63. The van der Waals surface area contributed by atoms with E-state index < -0.39 is 0 Å². The van der Waals surface area contributed by atoms with Gasteiger partial charge in [0.05, 0.1) is 25.0 Å². The third-order valence-corrected chi connectivity index (χ3v) is 4.02. The maximum atomic E-state index is 5.24. The van der Waals surface area contributed by atoms with Gasteiger partial charge in [0.25, 0.3) is 0 Å². The van der Waals surface area contributed by atoms with Crippen molar-refractivity contribution in [1.82, 2.24) is 9.78 Å². The van der Waals surface area contributed by atoms with Crippen LogP contribution < -0.4 is 10.1 Å². The van der Waals surface area contributed by atoms with Crippen molar-refractivity contribution in [1.29, 1.82) is 0 Å². The lowest BCUT2D eigenvalue weighted by molar-refractivity contribution is 0.414. The third-order valence-electron chi connectivity index (χ3n) is 4.02. The summed E-state index contributed by atoms with van der Waals surface area (Å²) in [5.41, 5.74) is 2.41. The van der Waals surface area contributed by atoms with Gasteiger partial charge in [-0.2, -0.15) is 5.10 Å². The van der Waals surface area contributed by atoms with Crippen LogP contribution in [0.3, 0.4) is 0 Å². The van der Waals surface area contributed by atoms with Crippen molar-refractivity contribution >= 4 is 5.69 Å². The smallest absolute Gasteiger partial charge is 0.118 e. The van der Waals surface area contributed by atoms with Gasteiger partial charge in [-0.1, -0.05) is 12.1 Å². The van der Waals surface area contributed by atoms with Crippen LogP contribution in [0.2, 0.25) is 0 Å². The van der Waals surface area contributed by atoms with Crippen molar-refractivity contribution < 1.29 is 4.74 Å². The van der Waals surface area contributed by atoms with Crippen molar-refractivity contribution in [3.63, 3.8) is 0 Å². The molecule has 1 atom stereocenters. The summed E-state index contributed by atoms with van der Waals surface area (Å²) in [6, 6.07) is 9.12. The van der Waals surface area contributed by atoms with Crippen molar-refractivity contribution in [2.75, 3.05) is 12.4 Å². The Morgan fingerprint density at radius 3 is 2.48 bits per heavy atom. The van der Waals surface area contributed by atoms with Gasteiger partial charge in [0.2, 0.25) is 0 Å². The van der Waals surface area contributed by atoms with E-state index in [2.05, 4.69) is 42.6 Å². The number of nitrogens with one attached hydrogen (secondary N) is 1. The summed E-state index contributed by atoms with van der Waals surface area (Å²) in [7, 11) is 1.70. The van der Waals surface area contributed by atoms with Crippen molar-refractivity contribution in [2.24, 2.45) is 5.92 Å². The molecule has 1 aromatic heterocycles. The Bertz CT molecular complexity index is 584. The largest absolute Gasteiger partial charge is 0.497 e. The number of rotatable bonds is 6. The summed E-state index contributed by atoms with van der Waals surface area (Å²) < 4.78 is 7.23. The average molecular weight is 285 g/mol. The Labute approximate surface area is 126 Å². The standard InChI is InChI=1S/C17H23N3O/c1-12(2)20-11-15(10-18-20)19-17(13-4-5-13)14-6-8-16(21-3)9-7-14/h6-13,17,19H,4-5H2,1-3H3. The van der Waals surface area contributed by atoms with E-state index in [9.17, 15) is 0 Å². The first kappa shape index (κ1) is 14.0. The number of ether oxygens (including phenoxy) is 1. The molecule has 112 valence electrons. The van der Waals surface area contributed by atoms with E-state index in [1.807, 2.05) is 23.0 Å². The number of hydrogen-bond acceptors (Lipinski definition) is 3. The van der Waals surface area contributed by atoms with Crippen LogP contribution in [0.15, 0.2) is 36.7 Å². The molecule has 1 unspecified atom stereocenters. The Hall–Kier alpha value is -1.97. The molecule has 1 aliphatic carbocycles. The van der Waals surface area contributed by atoms with Crippen LogP contribution in [0.5, 0.6) is 5.75 Å². The molecule has 0 radical (unpaired) electrons. The molecule has 0 bridgehead atoms. The Morgan fingerprint density at radius 2 is 1.95 bits per heavy atom. The number of aromatic nitrogens is 2. The summed E-state index contributed by atoms with van der Waals surface area (Å²) in [6.07, 6.45) is 6.59. The van der Waals surface area contributed by atoms with Crippen LogP contribution in [0.1, 0.15) is 44.3 Å². The molecule has 1 aliphatic rings. The van der Waals surface area contributed by atoms with Gasteiger partial charge in [-0.05, 0) is 50.3 Å². The normalized spacial score (nSPS) is 16.0. The fourth-order valence-electron chi connectivity index (χ4n) is 2.59. The molecule has 4 heteroatoms. The molecule has 4 nitrogen and oxygen atoms in total. The first-order valence-electron chi connectivity index (χ1n) is 7.62. The molecule has 0 aliphatic heterocycles. The molecular weight excluding hydrogens is 262 g/mol. The van der Waals surface area contributed by atoms with Crippen LogP contribution in [-0.2, 0) is 0 Å². The van der Waals surface area contributed by atoms with Gasteiger partial charge < -0.3 is 10.1 Å². The van der Waals surface area contributed by atoms with E-state index in [0.29, 0.717) is 12.1 Å². The SMILES string of the molecule is COc1ccc(C(Nc2cnn(C(C)C)c2)C2CC2)cc1. The molecule has 0 saturated heterocycles. The Balaban J connectivity index is 1.77. The molecule has 1 fully saturated rings. The van der Waals surface area contributed by atoms with Crippen LogP contribution in [0, 0.1) is 5.92 Å². The molecule has 1 N–H and O–H groups in total. The minimum Gasteiger partial charge on any atom is -0.497 e. The van der Waals surface area contributed by atoms with Crippen LogP contribution in [-0.4, -0.2) is 16.9 Å². The van der Waals surface area contributed by atoms with Crippen LogP contribution in [0.4, 0.5) is 5.69 Å². The van der Waals surface area contributed by atoms with E-state index in [1.165, 1.54) is 18.4 Å². The molecule has 2 aromatic rings. The van der Waals surface area contributed by atoms with E-state index in [0.717, 1.165) is 17.4 Å². The van der Waals surface area contributed by atoms with E-state index in [1.54, 1.807) is 7.11 Å². The number of nitrogens with zero attached hydrogens (tertiary/aromatic N) is 2. The fourth-order valence-corrected chi connectivity index (χ4v) is 2.59. The van der Waals surface area contributed by atoms with Crippen molar-refractivity contribution in [3.05, 3.63) is 42.2 Å². The van der Waals surface area contributed by atoms with Crippen LogP contribution in [0.25, 0.3) is 0 Å². The predicted molar refractivity (Wildman–Crippen MR) is 84.7 cm³/mol. The van der Waals surface area contributed by atoms with E-state index in [-0.39, 0.29) is 0 Å². The summed E-state index contributed by atoms with van der Waals surface area (Å²) in [6.45, 7) is 4.28. The Kier molecular flexibility index (Phi) is 3.86. The van der Waals surface area contributed by atoms with E-state index in [4.69, 9.17) is 4.74 Å². The van der Waals surface area contributed by atoms with Gasteiger partial charge in [0.1, 0.15) is 5.75 Å². The number of hydrogen-bond donors (Lipinski definition) is 1. The van der Waals surface area contributed by atoms with Gasteiger partial charge in [0, 0.05) is 12.2 Å². The third kappa shape index (κ3) is 3.20. The minimum atomic E-state index is 0.362. The highest BCUT2D eigenvalue weighted by molar-refractivity contribution is 5.43. The topological polar surface area (TPSA) is 39.1 Å². The van der Waals surface area contributed by atoms with E-state index >= 15 is 0 Å². The number of methoxy groups -OCH3 is 1.